The second kappa shape index (κ2) is 35.1. The third-order valence-electron chi connectivity index (χ3n) is 14.5. The van der Waals surface area contributed by atoms with Crippen LogP contribution in [0, 0.1) is 35.5 Å². The average molecular weight is 1190 g/mol. The van der Waals surface area contributed by atoms with E-state index in [0.717, 1.165) is 26.6 Å². The molecule has 0 spiro atoms. The number of halogens is 3. The summed E-state index contributed by atoms with van der Waals surface area (Å²) in [6, 6.07) is -10.7. The molecule has 0 aromatic heterocycles. The molecule has 0 radical (unpaired) electrons. The number of nitrogens with zero attached hydrogens (tertiary/aromatic N) is 6. The van der Waals surface area contributed by atoms with Gasteiger partial charge in [-0.2, -0.15) is 13.2 Å². The molecular formula is C58H101F3N10O12. The first-order valence-corrected chi connectivity index (χ1v) is 28.8. The standard InChI is InChI=1S/C58H101F3N10O12/c1-22-24-25-37(13)48(83-57(82)58(59,60)61)47(51(76)65-40(23-2)53(78)66(16)31-45(73)67(17)41(49(62)74)28-33(5)6)71(21)56(81)46(36(11)12)70(20)55(80)43(30-35(9)10)69(19)54(79)42(29-34(7)8)68(18)52(77)39(15)64-50(75)38(14)63-44(72)27-26-32(3)4/h22,24,32-43,46-48H,23,25-31H2,1-21H3,(H2,62,74)(H,63,72)(H,64,75)(H,65,76)/b24-22+/t37-,38+,39+,40+,41+,42+,43+,46+,47+,48-/m1/s1. The monoisotopic (exact) mass is 1190 g/mol. The summed E-state index contributed by atoms with van der Waals surface area (Å²) in [5, 5.41) is 7.76. The summed E-state index contributed by atoms with van der Waals surface area (Å²) in [6.07, 6.45) is -3.48. The largest absolute Gasteiger partial charge is 0.490 e. The molecule has 476 valence electrons. The first-order chi connectivity index (χ1) is 38.1. The van der Waals surface area contributed by atoms with E-state index in [1.54, 1.807) is 46.8 Å². The fourth-order valence-corrected chi connectivity index (χ4v) is 9.46. The van der Waals surface area contributed by atoms with Crippen molar-refractivity contribution in [1.82, 2.24) is 45.3 Å². The summed E-state index contributed by atoms with van der Waals surface area (Å²) in [4.78, 5) is 159. The summed E-state index contributed by atoms with van der Waals surface area (Å²) in [5.74, 6) is -12.3. The number of carbonyl (C=O) groups is 11. The summed E-state index contributed by atoms with van der Waals surface area (Å²) >= 11 is 0. The second-order valence-electron chi connectivity index (χ2n) is 24.0. The van der Waals surface area contributed by atoms with Crippen LogP contribution in [0.1, 0.15) is 149 Å². The Morgan fingerprint density at radius 2 is 1.02 bits per heavy atom. The number of hydrogen-bond acceptors (Lipinski definition) is 12. The van der Waals surface area contributed by atoms with Crippen molar-refractivity contribution in [1.29, 1.82) is 0 Å². The van der Waals surface area contributed by atoms with E-state index in [9.17, 15) is 56.3 Å². The summed E-state index contributed by atoms with van der Waals surface area (Å²) in [5.41, 5.74) is 5.59. The van der Waals surface area contributed by atoms with E-state index >= 15 is 9.59 Å². The van der Waals surface area contributed by atoms with Crippen molar-refractivity contribution in [3.8, 4) is 0 Å². The molecule has 25 heteroatoms. The van der Waals surface area contributed by atoms with Gasteiger partial charge >= 0.3 is 12.1 Å². The zero-order valence-corrected chi connectivity index (χ0v) is 53.3. The van der Waals surface area contributed by atoms with E-state index in [0.29, 0.717) is 6.42 Å². The molecule has 10 amide bonds. The van der Waals surface area contributed by atoms with Gasteiger partial charge in [0.25, 0.3) is 0 Å². The average Bonchev–Trinajstić information content (AvgIpc) is 3.52. The van der Waals surface area contributed by atoms with Crippen LogP contribution in [-0.2, 0) is 57.5 Å². The molecule has 0 aromatic rings. The van der Waals surface area contributed by atoms with Crippen molar-refractivity contribution in [2.24, 2.45) is 41.2 Å². The third kappa shape index (κ3) is 24.1. The van der Waals surface area contributed by atoms with Gasteiger partial charge in [-0.1, -0.05) is 95.2 Å². The number of ether oxygens (including phenoxy) is 1. The summed E-state index contributed by atoms with van der Waals surface area (Å²) in [6.45, 7) is 24.9. The van der Waals surface area contributed by atoms with Gasteiger partial charge in [0.2, 0.25) is 59.1 Å². The van der Waals surface area contributed by atoms with E-state index in [2.05, 4.69) is 16.0 Å². The topological polar surface area (TPSA) is 279 Å². The van der Waals surface area contributed by atoms with Gasteiger partial charge in [0, 0.05) is 48.7 Å². The number of esters is 1. The number of likely N-dealkylation sites (N-methyl/N-ethyl adjacent to an activating group) is 6. The Balaban J connectivity index is 7.55. The molecule has 0 saturated heterocycles. The van der Waals surface area contributed by atoms with Crippen molar-refractivity contribution in [2.75, 3.05) is 48.8 Å². The zero-order chi connectivity index (χ0) is 64.9. The smallest absolute Gasteiger partial charge is 0.453 e. The van der Waals surface area contributed by atoms with Crippen LogP contribution in [0.3, 0.4) is 0 Å². The van der Waals surface area contributed by atoms with Crippen molar-refractivity contribution >= 4 is 65.0 Å². The van der Waals surface area contributed by atoms with Crippen molar-refractivity contribution in [3.63, 3.8) is 0 Å². The van der Waals surface area contributed by atoms with Gasteiger partial charge in [0.05, 0.1) is 6.54 Å². The van der Waals surface area contributed by atoms with Crippen molar-refractivity contribution in [3.05, 3.63) is 12.2 Å². The predicted molar refractivity (Wildman–Crippen MR) is 309 cm³/mol. The van der Waals surface area contributed by atoms with Gasteiger partial charge in [-0.15, -0.1) is 0 Å². The number of rotatable bonds is 34. The number of hydrogen-bond donors (Lipinski definition) is 4. The quantitative estimate of drug-likeness (QED) is 0.0519. The van der Waals surface area contributed by atoms with E-state index < -0.39 is 138 Å². The number of amides is 10. The Morgan fingerprint density at radius 3 is 1.46 bits per heavy atom. The molecule has 0 aromatic carbocycles. The van der Waals surface area contributed by atoms with Crippen molar-refractivity contribution in [2.45, 2.75) is 209 Å². The molecule has 10 atom stereocenters. The Kier molecular flexibility index (Phi) is 32.4. The molecule has 0 aliphatic heterocycles. The van der Waals surface area contributed by atoms with Crippen LogP contribution in [0.2, 0.25) is 0 Å². The molecule has 5 N–H and O–H groups in total. The highest BCUT2D eigenvalue weighted by Gasteiger charge is 2.49. The van der Waals surface area contributed by atoms with Gasteiger partial charge in [0.15, 0.2) is 0 Å². The minimum Gasteiger partial charge on any atom is -0.453 e. The lowest BCUT2D eigenvalue weighted by molar-refractivity contribution is -0.210. The lowest BCUT2D eigenvalue weighted by atomic mass is 9.91. The molecule has 22 nitrogen and oxygen atoms in total. The highest BCUT2D eigenvalue weighted by Crippen LogP contribution is 2.28. The molecule has 83 heavy (non-hydrogen) atoms. The van der Waals surface area contributed by atoms with Crippen LogP contribution in [0.5, 0.6) is 0 Å². The number of nitrogens with two attached hydrogens (primary N) is 1. The zero-order valence-electron chi connectivity index (χ0n) is 53.3. The van der Waals surface area contributed by atoms with Crippen molar-refractivity contribution < 1.29 is 70.6 Å². The number of nitrogens with one attached hydrogen (secondary N) is 3. The van der Waals surface area contributed by atoms with E-state index in [1.165, 1.54) is 72.7 Å². The number of allylic oxidation sites excluding steroid dienone is 2. The van der Waals surface area contributed by atoms with Crippen LogP contribution in [0.15, 0.2) is 12.2 Å². The van der Waals surface area contributed by atoms with E-state index in [4.69, 9.17) is 10.5 Å². The van der Waals surface area contributed by atoms with E-state index in [-0.39, 0.29) is 68.1 Å². The molecule has 0 heterocycles. The van der Waals surface area contributed by atoms with Gasteiger partial charge < -0.3 is 55.8 Å². The van der Waals surface area contributed by atoms with Gasteiger partial charge in [-0.25, -0.2) is 4.79 Å². The Bertz CT molecular complexity index is 2240. The molecule has 0 unspecified atom stereocenters. The highest BCUT2D eigenvalue weighted by molar-refractivity contribution is 5.98. The second-order valence-corrected chi connectivity index (χ2v) is 24.0. The molecule has 0 rings (SSSR count). The molecule has 0 fully saturated rings. The lowest BCUT2D eigenvalue weighted by Crippen LogP contribution is -2.64. The maximum absolute atomic E-state index is 15.2. The Morgan fingerprint density at radius 1 is 0.554 bits per heavy atom. The van der Waals surface area contributed by atoms with Gasteiger partial charge in [0.1, 0.15) is 54.4 Å². The maximum Gasteiger partial charge on any atom is 0.490 e. The van der Waals surface area contributed by atoms with Crippen LogP contribution >= 0.6 is 0 Å². The van der Waals surface area contributed by atoms with Crippen LogP contribution in [-0.4, -0.2) is 204 Å². The molecule has 0 saturated carbocycles. The predicted octanol–water partition coefficient (Wildman–Crippen LogP) is 4.28. The van der Waals surface area contributed by atoms with Gasteiger partial charge in [-0.3, -0.25) is 47.9 Å². The SMILES string of the molecule is C/C=C/C[C@@H](C)[C@@H](OC(=O)C(F)(F)F)[C@@H](C(=O)N[C@@H](CC)C(=O)N(C)CC(=O)N(C)[C@@H](CC(C)C)C(N)=O)N(C)C(=O)[C@H](C(C)C)N(C)C(=O)[C@H](CC(C)C)N(C)C(=O)[C@H](CC(C)C)N(C)C(=O)[C@H](C)NC(=O)[C@H](C)NC(=O)CCC(C)C. The van der Waals surface area contributed by atoms with Crippen LogP contribution in [0.25, 0.3) is 0 Å². The first kappa shape index (κ1) is 76.7. The number of alkyl halides is 3. The third-order valence-corrected chi connectivity index (χ3v) is 14.5. The van der Waals surface area contributed by atoms with Gasteiger partial charge in [-0.05, 0) is 94.8 Å². The van der Waals surface area contributed by atoms with E-state index in [1.807, 2.05) is 41.5 Å². The van der Waals surface area contributed by atoms with Crippen LogP contribution in [0.4, 0.5) is 13.2 Å². The number of carbonyl (C=O) groups excluding carboxylic acids is 11. The summed E-state index contributed by atoms with van der Waals surface area (Å²) in [7, 11) is 7.78. The maximum atomic E-state index is 15.2. The normalized spacial score (nSPS) is 15.5. The minimum atomic E-state index is -5.56. The fraction of sp³-hybridized carbons (Fsp3) is 0.776. The summed E-state index contributed by atoms with van der Waals surface area (Å²) < 4.78 is 47.5. The molecule has 0 bridgehead atoms. The Labute approximate surface area is 491 Å². The highest BCUT2D eigenvalue weighted by atomic mass is 19.4. The number of primary amides is 1. The lowest BCUT2D eigenvalue weighted by Gasteiger charge is -2.42. The Hall–Kier alpha value is -6.30. The molecule has 0 aliphatic rings. The molecule has 0 aliphatic carbocycles. The fourth-order valence-electron chi connectivity index (χ4n) is 9.46. The van der Waals surface area contributed by atoms with Crippen LogP contribution < -0.4 is 21.7 Å². The minimum absolute atomic E-state index is 0.0346. The molecular weight excluding hydrogens is 1090 g/mol. The first-order valence-electron chi connectivity index (χ1n) is 28.8.